The molecule has 0 saturated carbocycles. The lowest BCUT2D eigenvalue weighted by Crippen LogP contribution is -2.31. The summed E-state index contributed by atoms with van der Waals surface area (Å²) < 4.78 is 16.4. The van der Waals surface area contributed by atoms with Gasteiger partial charge in [-0.1, -0.05) is 13.8 Å². The molecule has 0 spiro atoms. The molecular formula is C10H20O3. The Bertz CT molecular complexity index is 115. The van der Waals surface area contributed by atoms with Gasteiger partial charge in [0.25, 0.3) is 0 Å². The highest BCUT2D eigenvalue weighted by atomic mass is 16.7. The van der Waals surface area contributed by atoms with E-state index in [-0.39, 0.29) is 6.29 Å². The van der Waals surface area contributed by atoms with Crippen molar-refractivity contribution in [3.05, 3.63) is 0 Å². The molecule has 0 aromatic rings. The highest BCUT2D eigenvalue weighted by Gasteiger charge is 2.20. The second-order valence-electron chi connectivity index (χ2n) is 3.30. The van der Waals surface area contributed by atoms with Gasteiger partial charge in [-0.3, -0.25) is 0 Å². The topological polar surface area (TPSA) is 27.7 Å². The van der Waals surface area contributed by atoms with E-state index in [1.54, 1.807) is 0 Å². The molecule has 1 heterocycles. The molecule has 3 heteroatoms. The molecule has 1 saturated heterocycles. The molecule has 13 heavy (non-hydrogen) atoms. The Kier molecular flexibility index (Phi) is 5.35. The lowest BCUT2D eigenvalue weighted by Gasteiger charge is -2.27. The van der Waals surface area contributed by atoms with Crippen LogP contribution in [0.2, 0.25) is 0 Å². The van der Waals surface area contributed by atoms with Crippen LogP contribution in [0.4, 0.5) is 0 Å². The lowest BCUT2D eigenvalue weighted by molar-refractivity contribution is -0.202. The summed E-state index contributed by atoms with van der Waals surface area (Å²) in [6.45, 7) is 7.05. The second-order valence-corrected chi connectivity index (χ2v) is 3.30. The fourth-order valence-corrected chi connectivity index (χ4v) is 1.54. The smallest absolute Gasteiger partial charge is 0.160 e. The van der Waals surface area contributed by atoms with Crippen molar-refractivity contribution in [3.63, 3.8) is 0 Å². The van der Waals surface area contributed by atoms with Crippen molar-refractivity contribution in [2.45, 2.75) is 33.0 Å². The maximum Gasteiger partial charge on any atom is 0.160 e. The summed E-state index contributed by atoms with van der Waals surface area (Å²) in [6.07, 6.45) is 2.21. The van der Waals surface area contributed by atoms with E-state index in [2.05, 4.69) is 13.8 Å². The molecule has 1 fully saturated rings. The van der Waals surface area contributed by atoms with Crippen molar-refractivity contribution in [1.29, 1.82) is 0 Å². The van der Waals surface area contributed by atoms with Crippen LogP contribution in [0.1, 0.15) is 26.7 Å². The Morgan fingerprint density at radius 3 is 2.00 bits per heavy atom. The standard InChI is InChI=1S/C10H20O3/c1-3-9(4-2)10-12-7-5-11-6-8-13-10/h9-10H,3-8H2,1-2H3. The molecule has 1 rings (SSSR count). The highest BCUT2D eigenvalue weighted by Crippen LogP contribution is 2.18. The van der Waals surface area contributed by atoms with E-state index in [0.717, 1.165) is 12.8 Å². The van der Waals surface area contributed by atoms with Crippen molar-refractivity contribution in [2.75, 3.05) is 26.4 Å². The van der Waals surface area contributed by atoms with Gasteiger partial charge < -0.3 is 14.2 Å². The average Bonchev–Trinajstić information content (AvgIpc) is 2.09. The SMILES string of the molecule is CCC(CC)C1OCCOCCO1. The third-order valence-corrected chi connectivity index (χ3v) is 2.45. The summed E-state index contributed by atoms with van der Waals surface area (Å²) in [6, 6.07) is 0. The van der Waals surface area contributed by atoms with Gasteiger partial charge in [-0.05, 0) is 12.8 Å². The quantitative estimate of drug-likeness (QED) is 0.676. The van der Waals surface area contributed by atoms with Gasteiger partial charge >= 0.3 is 0 Å². The van der Waals surface area contributed by atoms with E-state index in [0.29, 0.717) is 32.3 Å². The molecule has 3 nitrogen and oxygen atoms in total. The zero-order valence-corrected chi connectivity index (χ0v) is 8.62. The van der Waals surface area contributed by atoms with E-state index in [1.165, 1.54) is 0 Å². The minimum absolute atomic E-state index is 0.0149. The van der Waals surface area contributed by atoms with Crippen LogP contribution in [-0.2, 0) is 14.2 Å². The third-order valence-electron chi connectivity index (χ3n) is 2.45. The first kappa shape index (κ1) is 11.0. The van der Waals surface area contributed by atoms with Gasteiger partial charge in [-0.25, -0.2) is 0 Å². The van der Waals surface area contributed by atoms with E-state index >= 15 is 0 Å². The summed E-state index contributed by atoms with van der Waals surface area (Å²) in [7, 11) is 0. The summed E-state index contributed by atoms with van der Waals surface area (Å²) in [5.41, 5.74) is 0. The van der Waals surface area contributed by atoms with Crippen molar-refractivity contribution in [2.24, 2.45) is 5.92 Å². The molecule has 0 aromatic carbocycles. The lowest BCUT2D eigenvalue weighted by atomic mass is 10.0. The first-order chi connectivity index (χ1) is 6.38. The fourth-order valence-electron chi connectivity index (χ4n) is 1.54. The number of rotatable bonds is 3. The van der Waals surface area contributed by atoms with Gasteiger partial charge in [-0.15, -0.1) is 0 Å². The summed E-state index contributed by atoms with van der Waals surface area (Å²) in [4.78, 5) is 0. The average molecular weight is 188 g/mol. The van der Waals surface area contributed by atoms with Crippen molar-refractivity contribution < 1.29 is 14.2 Å². The third kappa shape index (κ3) is 3.63. The Morgan fingerprint density at radius 2 is 1.54 bits per heavy atom. The van der Waals surface area contributed by atoms with E-state index < -0.39 is 0 Å². The monoisotopic (exact) mass is 188 g/mol. The van der Waals surface area contributed by atoms with Crippen LogP contribution in [0.5, 0.6) is 0 Å². The minimum atomic E-state index is -0.0149. The number of hydrogen-bond acceptors (Lipinski definition) is 3. The number of ether oxygens (including phenoxy) is 3. The molecule has 0 unspecified atom stereocenters. The molecule has 0 N–H and O–H groups in total. The molecule has 0 atom stereocenters. The first-order valence-electron chi connectivity index (χ1n) is 5.19. The largest absolute Gasteiger partial charge is 0.377 e. The predicted octanol–water partition coefficient (Wildman–Crippen LogP) is 1.81. The van der Waals surface area contributed by atoms with Crippen LogP contribution in [0.3, 0.4) is 0 Å². The Labute approximate surface area is 80.4 Å². The van der Waals surface area contributed by atoms with Gasteiger partial charge in [0, 0.05) is 5.92 Å². The van der Waals surface area contributed by atoms with Crippen LogP contribution in [0.15, 0.2) is 0 Å². The van der Waals surface area contributed by atoms with Gasteiger partial charge in [0.2, 0.25) is 0 Å². The van der Waals surface area contributed by atoms with Gasteiger partial charge in [0.05, 0.1) is 26.4 Å². The Balaban J connectivity index is 2.35. The van der Waals surface area contributed by atoms with Crippen molar-refractivity contribution >= 4 is 0 Å². The first-order valence-corrected chi connectivity index (χ1v) is 5.19. The highest BCUT2D eigenvalue weighted by molar-refractivity contribution is 4.60. The van der Waals surface area contributed by atoms with E-state index in [1.807, 2.05) is 0 Å². The molecule has 0 amide bonds. The van der Waals surface area contributed by atoms with Gasteiger partial charge in [0.1, 0.15) is 0 Å². The van der Waals surface area contributed by atoms with Crippen LogP contribution >= 0.6 is 0 Å². The van der Waals surface area contributed by atoms with Crippen molar-refractivity contribution in [3.8, 4) is 0 Å². The van der Waals surface area contributed by atoms with Gasteiger partial charge in [-0.2, -0.15) is 0 Å². The zero-order chi connectivity index (χ0) is 9.52. The van der Waals surface area contributed by atoms with Crippen molar-refractivity contribution in [1.82, 2.24) is 0 Å². The van der Waals surface area contributed by atoms with E-state index in [4.69, 9.17) is 14.2 Å². The molecule has 0 bridgehead atoms. The van der Waals surface area contributed by atoms with Crippen LogP contribution < -0.4 is 0 Å². The molecule has 0 aromatic heterocycles. The summed E-state index contributed by atoms with van der Waals surface area (Å²) in [5.74, 6) is 0.526. The van der Waals surface area contributed by atoms with Crippen LogP contribution in [0, 0.1) is 5.92 Å². The molecule has 78 valence electrons. The van der Waals surface area contributed by atoms with E-state index in [9.17, 15) is 0 Å². The minimum Gasteiger partial charge on any atom is -0.377 e. The normalized spacial score (nSPS) is 21.5. The second kappa shape index (κ2) is 6.35. The Hall–Kier alpha value is -0.120. The molecular weight excluding hydrogens is 168 g/mol. The predicted molar refractivity (Wildman–Crippen MR) is 50.6 cm³/mol. The Morgan fingerprint density at radius 1 is 1.00 bits per heavy atom. The molecule has 0 radical (unpaired) electrons. The maximum absolute atomic E-state index is 5.58. The van der Waals surface area contributed by atoms with Crippen LogP contribution in [0.25, 0.3) is 0 Å². The summed E-state index contributed by atoms with van der Waals surface area (Å²) in [5, 5.41) is 0. The molecule has 0 aliphatic carbocycles. The molecule has 1 aliphatic rings. The number of hydrogen-bond donors (Lipinski definition) is 0. The maximum atomic E-state index is 5.58. The van der Waals surface area contributed by atoms with Crippen LogP contribution in [-0.4, -0.2) is 32.7 Å². The fraction of sp³-hybridized carbons (Fsp3) is 1.00. The zero-order valence-electron chi connectivity index (χ0n) is 8.62. The molecule has 1 aliphatic heterocycles. The summed E-state index contributed by atoms with van der Waals surface area (Å²) >= 11 is 0. The van der Waals surface area contributed by atoms with Gasteiger partial charge in [0.15, 0.2) is 6.29 Å².